The van der Waals surface area contributed by atoms with Gasteiger partial charge in [0.1, 0.15) is 0 Å². The van der Waals surface area contributed by atoms with Gasteiger partial charge in [-0.3, -0.25) is 9.69 Å². The molecule has 144 valence electrons. The van der Waals surface area contributed by atoms with E-state index in [4.69, 9.17) is 0 Å². The fourth-order valence-electron chi connectivity index (χ4n) is 3.75. The lowest BCUT2D eigenvalue weighted by Crippen LogP contribution is -2.44. The molecule has 0 aliphatic carbocycles. The highest BCUT2D eigenvalue weighted by atomic mass is 32.2. The summed E-state index contributed by atoms with van der Waals surface area (Å²) in [5.74, 6) is 0.613. The van der Waals surface area contributed by atoms with Crippen LogP contribution in [0, 0.1) is 0 Å². The van der Waals surface area contributed by atoms with E-state index in [1.165, 1.54) is 16.3 Å². The third kappa shape index (κ3) is 5.15. The van der Waals surface area contributed by atoms with Crippen LogP contribution in [0.1, 0.15) is 18.4 Å². The van der Waals surface area contributed by atoms with Gasteiger partial charge >= 0.3 is 0 Å². The molecule has 0 saturated carbocycles. The number of hydrogen-bond donors (Lipinski definition) is 1. The predicted octanol–water partition coefficient (Wildman–Crippen LogP) is 4.71. The summed E-state index contributed by atoms with van der Waals surface area (Å²) in [5.41, 5.74) is 1.36. The molecular weight excluding hydrogens is 364 g/mol. The number of benzene rings is 3. The highest BCUT2D eigenvalue weighted by molar-refractivity contribution is 8.00. The molecule has 0 aromatic heterocycles. The fourth-order valence-corrected chi connectivity index (χ4v) is 4.51. The summed E-state index contributed by atoms with van der Waals surface area (Å²) in [6.45, 7) is 3.08. The minimum Gasteiger partial charge on any atom is -0.353 e. The Hall–Kier alpha value is -2.30. The third-order valence-electron chi connectivity index (χ3n) is 5.29. The molecule has 4 heteroatoms. The first-order valence-corrected chi connectivity index (χ1v) is 10.9. The average molecular weight is 391 g/mol. The number of piperidine rings is 1. The van der Waals surface area contributed by atoms with Crippen LogP contribution in [0.2, 0.25) is 0 Å². The molecule has 1 amide bonds. The Morgan fingerprint density at radius 3 is 2.43 bits per heavy atom. The molecule has 3 nitrogen and oxygen atoms in total. The number of nitrogens with one attached hydrogen (secondary N) is 1. The molecule has 1 N–H and O–H groups in total. The Bertz CT molecular complexity index is 920. The molecule has 1 saturated heterocycles. The van der Waals surface area contributed by atoms with Crippen molar-refractivity contribution in [2.75, 3.05) is 18.8 Å². The first-order chi connectivity index (χ1) is 13.8. The van der Waals surface area contributed by atoms with Gasteiger partial charge in [-0.25, -0.2) is 0 Å². The van der Waals surface area contributed by atoms with E-state index in [0.29, 0.717) is 11.8 Å². The fraction of sp³-hybridized carbons (Fsp3) is 0.292. The van der Waals surface area contributed by atoms with E-state index >= 15 is 0 Å². The van der Waals surface area contributed by atoms with E-state index in [2.05, 4.69) is 70.9 Å². The molecule has 0 unspecified atom stereocenters. The van der Waals surface area contributed by atoms with Crippen molar-refractivity contribution in [3.8, 4) is 0 Å². The predicted molar refractivity (Wildman–Crippen MR) is 118 cm³/mol. The van der Waals surface area contributed by atoms with Crippen LogP contribution in [0.4, 0.5) is 0 Å². The number of likely N-dealkylation sites (tertiary alicyclic amines) is 1. The first kappa shape index (κ1) is 19.0. The zero-order chi connectivity index (χ0) is 19.2. The first-order valence-electron chi connectivity index (χ1n) is 9.93. The summed E-state index contributed by atoms with van der Waals surface area (Å²) in [7, 11) is 0. The summed E-state index contributed by atoms with van der Waals surface area (Å²) >= 11 is 1.61. The molecule has 4 rings (SSSR count). The molecule has 1 fully saturated rings. The van der Waals surface area contributed by atoms with Crippen molar-refractivity contribution in [1.29, 1.82) is 0 Å². The van der Waals surface area contributed by atoms with Gasteiger partial charge in [0.2, 0.25) is 5.91 Å². The Kier molecular flexibility index (Phi) is 6.30. The smallest absolute Gasteiger partial charge is 0.230 e. The van der Waals surface area contributed by atoms with Gasteiger partial charge in [0.25, 0.3) is 0 Å². The maximum absolute atomic E-state index is 12.4. The molecule has 0 spiro atoms. The summed E-state index contributed by atoms with van der Waals surface area (Å²) in [4.78, 5) is 16.0. The highest BCUT2D eigenvalue weighted by Gasteiger charge is 2.20. The lowest BCUT2D eigenvalue weighted by molar-refractivity contribution is -0.119. The quantitative estimate of drug-likeness (QED) is 0.619. The summed E-state index contributed by atoms with van der Waals surface area (Å²) in [6.07, 6.45) is 2.05. The van der Waals surface area contributed by atoms with Crippen LogP contribution in [-0.4, -0.2) is 35.7 Å². The van der Waals surface area contributed by atoms with Crippen molar-refractivity contribution in [3.63, 3.8) is 0 Å². The SMILES string of the molecule is O=C(CSc1ccc2ccccc2c1)NC1CCN(Cc2ccccc2)CC1. The number of rotatable bonds is 6. The van der Waals surface area contributed by atoms with Crippen molar-refractivity contribution < 1.29 is 4.79 Å². The monoisotopic (exact) mass is 390 g/mol. The average Bonchev–Trinajstić information content (AvgIpc) is 2.74. The zero-order valence-corrected chi connectivity index (χ0v) is 16.8. The number of carbonyl (C=O) groups excluding carboxylic acids is 1. The summed E-state index contributed by atoms with van der Waals surface area (Å²) in [5, 5.41) is 5.68. The summed E-state index contributed by atoms with van der Waals surface area (Å²) in [6, 6.07) is 25.6. The van der Waals surface area contributed by atoms with Gasteiger partial charge < -0.3 is 5.32 Å². The van der Waals surface area contributed by atoms with Crippen LogP contribution < -0.4 is 5.32 Å². The van der Waals surface area contributed by atoms with Crippen LogP contribution in [0.15, 0.2) is 77.7 Å². The number of fused-ring (bicyclic) bond motifs is 1. The lowest BCUT2D eigenvalue weighted by Gasteiger charge is -2.32. The van der Waals surface area contributed by atoms with Gasteiger partial charge in [0.05, 0.1) is 5.75 Å². The zero-order valence-electron chi connectivity index (χ0n) is 16.0. The molecule has 0 radical (unpaired) electrons. The van der Waals surface area contributed by atoms with Gasteiger partial charge in [-0.05, 0) is 41.3 Å². The van der Waals surface area contributed by atoms with Gasteiger partial charge in [0.15, 0.2) is 0 Å². The van der Waals surface area contributed by atoms with Crippen LogP contribution >= 0.6 is 11.8 Å². The van der Waals surface area contributed by atoms with Crippen molar-refractivity contribution in [2.24, 2.45) is 0 Å². The maximum Gasteiger partial charge on any atom is 0.230 e. The summed E-state index contributed by atoms with van der Waals surface area (Å²) < 4.78 is 0. The van der Waals surface area contributed by atoms with Crippen molar-refractivity contribution in [3.05, 3.63) is 78.4 Å². The van der Waals surface area contributed by atoms with Gasteiger partial charge in [-0.2, -0.15) is 0 Å². The van der Waals surface area contributed by atoms with Gasteiger partial charge in [-0.15, -0.1) is 11.8 Å². The largest absolute Gasteiger partial charge is 0.353 e. The standard InChI is InChI=1S/C24H26N2OS/c27-24(18-28-23-11-10-20-8-4-5-9-21(20)16-23)25-22-12-14-26(15-13-22)17-19-6-2-1-3-7-19/h1-11,16,22H,12-15,17-18H2,(H,25,27). The Morgan fingerprint density at radius 1 is 0.929 bits per heavy atom. The molecule has 0 bridgehead atoms. The second-order valence-corrected chi connectivity index (χ2v) is 8.45. The maximum atomic E-state index is 12.4. The molecule has 1 aliphatic rings. The third-order valence-corrected chi connectivity index (χ3v) is 6.29. The highest BCUT2D eigenvalue weighted by Crippen LogP contribution is 2.23. The van der Waals surface area contributed by atoms with Gasteiger partial charge in [-0.1, -0.05) is 60.7 Å². The van der Waals surface area contributed by atoms with E-state index in [0.717, 1.165) is 37.4 Å². The molecule has 0 atom stereocenters. The lowest BCUT2D eigenvalue weighted by atomic mass is 10.0. The molecule has 1 heterocycles. The Morgan fingerprint density at radius 2 is 1.64 bits per heavy atom. The molecular formula is C24H26N2OS. The molecule has 3 aromatic rings. The molecule has 1 aliphatic heterocycles. The minimum absolute atomic E-state index is 0.139. The number of amides is 1. The number of thioether (sulfide) groups is 1. The molecule has 28 heavy (non-hydrogen) atoms. The second kappa shape index (κ2) is 9.26. The van der Waals surface area contributed by atoms with Crippen molar-refractivity contribution >= 4 is 28.4 Å². The minimum atomic E-state index is 0.139. The number of nitrogens with zero attached hydrogens (tertiary/aromatic N) is 1. The van der Waals surface area contributed by atoms with Crippen molar-refractivity contribution in [2.45, 2.75) is 30.3 Å². The van der Waals surface area contributed by atoms with Crippen LogP contribution in [0.25, 0.3) is 10.8 Å². The van der Waals surface area contributed by atoms with Gasteiger partial charge in [0, 0.05) is 30.6 Å². The Labute approximate surface area is 171 Å². The number of hydrogen-bond acceptors (Lipinski definition) is 3. The topological polar surface area (TPSA) is 32.3 Å². The molecule has 3 aromatic carbocycles. The van der Waals surface area contributed by atoms with Crippen LogP contribution in [0.5, 0.6) is 0 Å². The van der Waals surface area contributed by atoms with E-state index < -0.39 is 0 Å². The second-order valence-electron chi connectivity index (χ2n) is 7.40. The van der Waals surface area contributed by atoms with E-state index in [9.17, 15) is 4.79 Å². The van der Waals surface area contributed by atoms with Crippen molar-refractivity contribution in [1.82, 2.24) is 10.2 Å². The number of carbonyl (C=O) groups is 1. The van der Waals surface area contributed by atoms with E-state index in [1.807, 2.05) is 12.1 Å². The Balaban J connectivity index is 1.21. The van der Waals surface area contributed by atoms with E-state index in [1.54, 1.807) is 11.8 Å². The van der Waals surface area contributed by atoms with Crippen LogP contribution in [0.3, 0.4) is 0 Å². The van der Waals surface area contributed by atoms with E-state index in [-0.39, 0.29) is 5.91 Å². The van der Waals surface area contributed by atoms with Crippen LogP contribution in [-0.2, 0) is 11.3 Å². The normalized spacial score (nSPS) is 15.6.